The van der Waals surface area contributed by atoms with E-state index in [2.05, 4.69) is 33.7 Å². The molecule has 5 heteroatoms. The van der Waals surface area contributed by atoms with Crippen molar-refractivity contribution in [2.24, 2.45) is 0 Å². The van der Waals surface area contributed by atoms with Gasteiger partial charge < -0.3 is 10.6 Å². The topological polar surface area (TPSA) is 60.0 Å². The third kappa shape index (κ3) is 2.78. The van der Waals surface area contributed by atoms with E-state index in [9.17, 15) is 0 Å². The molecule has 0 saturated heterocycles. The molecule has 24 heavy (non-hydrogen) atoms. The number of nitrogens with zero attached hydrogens (tertiary/aromatic N) is 4. The number of hydrogen-bond acceptors (Lipinski definition) is 4. The Morgan fingerprint density at radius 3 is 2.58 bits per heavy atom. The summed E-state index contributed by atoms with van der Waals surface area (Å²) in [6, 6.07) is 12.1. The van der Waals surface area contributed by atoms with Crippen LogP contribution in [0.4, 0.5) is 5.69 Å². The number of nitrogens with two attached hydrogens (primary N) is 1. The number of anilines is 1. The third-order valence-corrected chi connectivity index (χ3v) is 4.59. The summed E-state index contributed by atoms with van der Waals surface area (Å²) >= 11 is 0. The Morgan fingerprint density at radius 1 is 1.08 bits per heavy atom. The molecule has 0 fully saturated rings. The van der Waals surface area contributed by atoms with Crippen LogP contribution in [0, 0.1) is 0 Å². The van der Waals surface area contributed by atoms with E-state index < -0.39 is 0 Å². The standard InChI is InChI=1S/C19H21N5/c1-23-11-8-18-17(13-23)19(15-2-4-16(20)5-3-15)22-24(18)12-14-6-9-21-10-7-14/h2-7,9-10H,8,11-13,20H2,1H3. The first-order chi connectivity index (χ1) is 11.7. The smallest absolute Gasteiger partial charge is 0.0971 e. The van der Waals surface area contributed by atoms with E-state index in [0.29, 0.717) is 0 Å². The molecule has 0 atom stereocenters. The van der Waals surface area contributed by atoms with Gasteiger partial charge in [0.2, 0.25) is 0 Å². The lowest BCUT2D eigenvalue weighted by Crippen LogP contribution is -2.27. The maximum Gasteiger partial charge on any atom is 0.0971 e. The van der Waals surface area contributed by atoms with Gasteiger partial charge in [0.1, 0.15) is 0 Å². The Hall–Kier alpha value is -2.66. The SMILES string of the molecule is CN1CCc2c(c(-c3ccc(N)cc3)nn2Cc2ccncc2)C1. The highest BCUT2D eigenvalue weighted by Gasteiger charge is 2.24. The molecule has 0 amide bonds. The van der Waals surface area contributed by atoms with Crippen molar-refractivity contribution >= 4 is 5.69 Å². The van der Waals surface area contributed by atoms with Gasteiger partial charge in [-0.25, -0.2) is 0 Å². The van der Waals surface area contributed by atoms with Crippen LogP contribution >= 0.6 is 0 Å². The summed E-state index contributed by atoms with van der Waals surface area (Å²) in [5.74, 6) is 0. The first-order valence-electron chi connectivity index (χ1n) is 8.22. The van der Waals surface area contributed by atoms with Gasteiger partial charge in [0.15, 0.2) is 0 Å². The Balaban J connectivity index is 1.78. The van der Waals surface area contributed by atoms with Crippen LogP contribution in [0.25, 0.3) is 11.3 Å². The Morgan fingerprint density at radius 2 is 1.83 bits per heavy atom. The lowest BCUT2D eigenvalue weighted by atomic mass is 10.0. The van der Waals surface area contributed by atoms with Crippen LogP contribution < -0.4 is 5.73 Å². The zero-order valence-electron chi connectivity index (χ0n) is 13.8. The molecule has 2 N–H and O–H groups in total. The van der Waals surface area contributed by atoms with E-state index in [4.69, 9.17) is 10.8 Å². The minimum absolute atomic E-state index is 0.779. The molecule has 0 unspecified atom stereocenters. The van der Waals surface area contributed by atoms with Crippen molar-refractivity contribution in [2.45, 2.75) is 19.5 Å². The second kappa shape index (κ2) is 6.09. The van der Waals surface area contributed by atoms with E-state index in [1.807, 2.05) is 36.7 Å². The van der Waals surface area contributed by atoms with Gasteiger partial charge in [-0.05, 0) is 36.9 Å². The molecule has 3 heterocycles. The molecule has 0 saturated carbocycles. The number of aromatic nitrogens is 3. The highest BCUT2D eigenvalue weighted by Crippen LogP contribution is 2.30. The Bertz CT molecular complexity index is 836. The quantitative estimate of drug-likeness (QED) is 0.754. The molecule has 5 nitrogen and oxygen atoms in total. The molecule has 3 aromatic rings. The number of rotatable bonds is 3. The van der Waals surface area contributed by atoms with Crippen molar-refractivity contribution in [2.75, 3.05) is 19.3 Å². The van der Waals surface area contributed by atoms with E-state index in [1.54, 1.807) is 0 Å². The monoisotopic (exact) mass is 319 g/mol. The average molecular weight is 319 g/mol. The number of nitrogen functional groups attached to an aromatic ring is 1. The van der Waals surface area contributed by atoms with E-state index >= 15 is 0 Å². The van der Waals surface area contributed by atoms with Gasteiger partial charge in [-0.1, -0.05) is 12.1 Å². The summed E-state index contributed by atoms with van der Waals surface area (Å²) in [6.45, 7) is 2.78. The van der Waals surface area contributed by atoms with Gasteiger partial charge in [-0.2, -0.15) is 5.10 Å². The van der Waals surface area contributed by atoms with Crippen molar-refractivity contribution in [3.63, 3.8) is 0 Å². The molecular weight excluding hydrogens is 298 g/mol. The second-order valence-corrected chi connectivity index (χ2v) is 6.40. The molecule has 0 radical (unpaired) electrons. The van der Waals surface area contributed by atoms with Crippen molar-refractivity contribution in [3.05, 3.63) is 65.6 Å². The van der Waals surface area contributed by atoms with Crippen LogP contribution in [0.2, 0.25) is 0 Å². The normalized spacial score (nSPS) is 14.5. The average Bonchev–Trinajstić information content (AvgIpc) is 2.94. The third-order valence-electron chi connectivity index (χ3n) is 4.59. The summed E-state index contributed by atoms with van der Waals surface area (Å²) in [6.07, 6.45) is 4.69. The zero-order valence-corrected chi connectivity index (χ0v) is 13.8. The molecule has 0 aliphatic carbocycles. The van der Waals surface area contributed by atoms with E-state index in [-0.39, 0.29) is 0 Å². The molecule has 0 spiro atoms. The summed E-state index contributed by atoms with van der Waals surface area (Å²) < 4.78 is 2.16. The van der Waals surface area contributed by atoms with Gasteiger partial charge in [0.25, 0.3) is 0 Å². The highest BCUT2D eigenvalue weighted by atomic mass is 15.3. The van der Waals surface area contributed by atoms with Crippen molar-refractivity contribution in [1.82, 2.24) is 19.7 Å². The van der Waals surface area contributed by atoms with Gasteiger partial charge >= 0.3 is 0 Å². The fourth-order valence-corrected chi connectivity index (χ4v) is 3.29. The maximum absolute atomic E-state index is 5.83. The minimum Gasteiger partial charge on any atom is -0.399 e. The molecule has 122 valence electrons. The first kappa shape index (κ1) is 14.9. The molecule has 1 aromatic carbocycles. The molecule has 0 bridgehead atoms. The fraction of sp³-hybridized carbons (Fsp3) is 0.263. The molecule has 4 rings (SSSR count). The van der Waals surface area contributed by atoms with Crippen molar-refractivity contribution in [1.29, 1.82) is 0 Å². The summed E-state index contributed by atoms with van der Waals surface area (Å²) in [5, 5.41) is 4.95. The van der Waals surface area contributed by atoms with E-state index in [1.165, 1.54) is 16.8 Å². The van der Waals surface area contributed by atoms with Crippen LogP contribution in [0.15, 0.2) is 48.8 Å². The second-order valence-electron chi connectivity index (χ2n) is 6.40. The molecular formula is C19H21N5. The molecule has 1 aliphatic heterocycles. The number of hydrogen-bond donors (Lipinski definition) is 1. The van der Waals surface area contributed by atoms with Crippen LogP contribution in [-0.2, 0) is 19.5 Å². The summed E-state index contributed by atoms with van der Waals surface area (Å²) in [7, 11) is 2.16. The number of fused-ring (bicyclic) bond motifs is 1. The molecule has 2 aromatic heterocycles. The largest absolute Gasteiger partial charge is 0.399 e. The van der Waals surface area contributed by atoms with Crippen LogP contribution in [0.5, 0.6) is 0 Å². The van der Waals surface area contributed by atoms with Crippen molar-refractivity contribution in [3.8, 4) is 11.3 Å². The highest BCUT2D eigenvalue weighted by molar-refractivity contribution is 5.66. The fourth-order valence-electron chi connectivity index (χ4n) is 3.29. The minimum atomic E-state index is 0.779. The Kier molecular flexibility index (Phi) is 3.78. The predicted molar refractivity (Wildman–Crippen MR) is 95.5 cm³/mol. The van der Waals surface area contributed by atoms with Crippen LogP contribution in [0.3, 0.4) is 0 Å². The van der Waals surface area contributed by atoms with Gasteiger partial charge in [-0.15, -0.1) is 0 Å². The maximum atomic E-state index is 5.83. The molecule has 1 aliphatic rings. The number of pyridine rings is 1. The van der Waals surface area contributed by atoms with Crippen LogP contribution in [0.1, 0.15) is 16.8 Å². The summed E-state index contributed by atoms with van der Waals surface area (Å²) in [5.41, 5.74) is 12.7. The lowest BCUT2D eigenvalue weighted by Gasteiger charge is -2.23. The predicted octanol–water partition coefficient (Wildman–Crippen LogP) is 2.56. The van der Waals surface area contributed by atoms with Gasteiger partial charge in [-0.3, -0.25) is 9.67 Å². The first-order valence-corrected chi connectivity index (χ1v) is 8.22. The van der Waals surface area contributed by atoms with Crippen LogP contribution in [-0.4, -0.2) is 33.3 Å². The Labute approximate surface area is 141 Å². The lowest BCUT2D eigenvalue weighted by molar-refractivity contribution is 0.308. The van der Waals surface area contributed by atoms with Gasteiger partial charge in [0, 0.05) is 54.4 Å². The van der Waals surface area contributed by atoms with Crippen molar-refractivity contribution < 1.29 is 0 Å². The van der Waals surface area contributed by atoms with E-state index in [0.717, 1.165) is 43.0 Å². The number of likely N-dealkylation sites (N-methyl/N-ethyl adjacent to an activating group) is 1. The summed E-state index contributed by atoms with van der Waals surface area (Å²) in [4.78, 5) is 6.45. The van der Waals surface area contributed by atoms with Gasteiger partial charge in [0.05, 0.1) is 12.2 Å². The zero-order chi connectivity index (χ0) is 16.5. The number of benzene rings is 1.